The van der Waals surface area contributed by atoms with Gasteiger partial charge in [0.2, 0.25) is 0 Å². The number of anilines is 3. The Morgan fingerprint density at radius 1 is 1.07 bits per heavy atom. The molecule has 2 aromatic carbocycles. The fourth-order valence-electron chi connectivity index (χ4n) is 3.73. The van der Waals surface area contributed by atoms with Gasteiger partial charge in [0.05, 0.1) is 11.4 Å². The lowest BCUT2D eigenvalue weighted by atomic mass is 9.90. The monoisotopic (exact) mass is 401 g/mol. The van der Waals surface area contributed by atoms with E-state index in [1.165, 1.54) is 0 Å². The first-order valence-electron chi connectivity index (χ1n) is 10.2. The number of amides is 1. The van der Waals surface area contributed by atoms with Crippen molar-refractivity contribution in [2.45, 2.75) is 25.3 Å². The summed E-state index contributed by atoms with van der Waals surface area (Å²) in [6, 6.07) is 17.0. The second-order valence-electron chi connectivity index (χ2n) is 8.01. The molecule has 6 heteroatoms. The molecule has 154 valence electrons. The standard InChI is InChI=1S/C24H27N5O/c1-24(10-13-26-14-11-24)29-20-7-4-17(5-8-20)23(30)28-22-15-18(6-9-21(22)25)19-3-2-12-27-16-19/h2-9,12,15-16,26,29H,10-11,13-14,25H2,1H3,(H,28,30). The van der Waals surface area contributed by atoms with E-state index in [-0.39, 0.29) is 11.4 Å². The van der Waals surface area contributed by atoms with E-state index >= 15 is 0 Å². The number of benzene rings is 2. The number of nitrogens with one attached hydrogen (secondary N) is 3. The van der Waals surface area contributed by atoms with Gasteiger partial charge in [0.25, 0.3) is 5.91 Å². The van der Waals surface area contributed by atoms with Crippen LogP contribution >= 0.6 is 0 Å². The smallest absolute Gasteiger partial charge is 0.255 e. The van der Waals surface area contributed by atoms with Gasteiger partial charge in [0, 0.05) is 34.7 Å². The van der Waals surface area contributed by atoms with Crippen molar-refractivity contribution in [3.8, 4) is 11.1 Å². The number of nitrogen functional groups attached to an aromatic ring is 1. The molecule has 4 rings (SSSR count). The maximum absolute atomic E-state index is 12.8. The number of pyridine rings is 1. The van der Waals surface area contributed by atoms with Crippen molar-refractivity contribution in [1.29, 1.82) is 0 Å². The number of aromatic nitrogens is 1. The molecule has 5 N–H and O–H groups in total. The topological polar surface area (TPSA) is 92.1 Å². The van der Waals surface area contributed by atoms with Gasteiger partial charge >= 0.3 is 0 Å². The fraction of sp³-hybridized carbons (Fsp3) is 0.250. The number of hydrogen-bond donors (Lipinski definition) is 4. The van der Waals surface area contributed by atoms with Crippen molar-refractivity contribution >= 4 is 23.0 Å². The molecule has 0 unspecified atom stereocenters. The van der Waals surface area contributed by atoms with Crippen LogP contribution in [0.2, 0.25) is 0 Å². The van der Waals surface area contributed by atoms with Crippen LogP contribution < -0.4 is 21.7 Å². The van der Waals surface area contributed by atoms with E-state index in [1.807, 2.05) is 48.5 Å². The van der Waals surface area contributed by atoms with Crippen LogP contribution in [0.15, 0.2) is 67.0 Å². The summed E-state index contributed by atoms with van der Waals surface area (Å²) in [4.78, 5) is 16.9. The van der Waals surface area contributed by atoms with Gasteiger partial charge in [-0.15, -0.1) is 0 Å². The number of nitrogens with zero attached hydrogens (tertiary/aromatic N) is 1. The fourth-order valence-corrected chi connectivity index (χ4v) is 3.73. The van der Waals surface area contributed by atoms with Gasteiger partial charge in [0.1, 0.15) is 0 Å². The highest BCUT2D eigenvalue weighted by Crippen LogP contribution is 2.28. The lowest BCUT2D eigenvalue weighted by molar-refractivity contribution is 0.102. The van der Waals surface area contributed by atoms with Gasteiger partial charge in [-0.25, -0.2) is 0 Å². The highest BCUT2D eigenvalue weighted by molar-refractivity contribution is 6.06. The molecule has 2 heterocycles. The second kappa shape index (κ2) is 8.55. The largest absolute Gasteiger partial charge is 0.397 e. The van der Waals surface area contributed by atoms with Crippen LogP contribution in [0, 0.1) is 0 Å². The Morgan fingerprint density at radius 2 is 1.83 bits per heavy atom. The first kappa shape index (κ1) is 19.9. The molecule has 6 nitrogen and oxygen atoms in total. The molecule has 0 saturated carbocycles. The Balaban J connectivity index is 1.46. The molecular weight excluding hydrogens is 374 g/mol. The minimum atomic E-state index is -0.190. The Hall–Kier alpha value is -3.38. The van der Waals surface area contributed by atoms with E-state index < -0.39 is 0 Å². The van der Waals surface area contributed by atoms with Crippen LogP contribution in [-0.2, 0) is 0 Å². The van der Waals surface area contributed by atoms with E-state index in [4.69, 9.17) is 5.73 Å². The lowest BCUT2D eigenvalue weighted by Crippen LogP contribution is -2.45. The zero-order valence-corrected chi connectivity index (χ0v) is 17.1. The van der Waals surface area contributed by atoms with Crippen LogP contribution in [0.25, 0.3) is 11.1 Å². The number of hydrogen-bond acceptors (Lipinski definition) is 5. The molecule has 30 heavy (non-hydrogen) atoms. The quantitative estimate of drug-likeness (QED) is 0.482. The van der Waals surface area contributed by atoms with Crippen LogP contribution in [0.1, 0.15) is 30.1 Å². The number of carbonyl (C=O) groups is 1. The number of rotatable bonds is 5. The van der Waals surface area contributed by atoms with E-state index in [9.17, 15) is 4.79 Å². The lowest BCUT2D eigenvalue weighted by Gasteiger charge is -2.36. The van der Waals surface area contributed by atoms with Gasteiger partial charge in [0.15, 0.2) is 0 Å². The maximum Gasteiger partial charge on any atom is 0.255 e. The van der Waals surface area contributed by atoms with Crippen molar-refractivity contribution in [1.82, 2.24) is 10.3 Å². The summed E-state index contributed by atoms with van der Waals surface area (Å²) in [5, 5.41) is 9.93. The third-order valence-corrected chi connectivity index (χ3v) is 5.60. The molecule has 0 atom stereocenters. The minimum Gasteiger partial charge on any atom is -0.397 e. The van der Waals surface area contributed by atoms with E-state index in [2.05, 4.69) is 27.9 Å². The number of nitrogens with two attached hydrogens (primary N) is 1. The Labute approximate surface area is 176 Å². The highest BCUT2D eigenvalue weighted by atomic mass is 16.1. The normalized spacial score (nSPS) is 15.4. The van der Waals surface area contributed by atoms with E-state index in [0.29, 0.717) is 16.9 Å². The average Bonchev–Trinajstić information content (AvgIpc) is 2.76. The van der Waals surface area contributed by atoms with Crippen molar-refractivity contribution < 1.29 is 4.79 Å². The third-order valence-electron chi connectivity index (χ3n) is 5.60. The van der Waals surface area contributed by atoms with Crippen LogP contribution in [0.4, 0.5) is 17.1 Å². The highest BCUT2D eigenvalue weighted by Gasteiger charge is 2.26. The van der Waals surface area contributed by atoms with Crippen molar-refractivity contribution in [3.05, 3.63) is 72.6 Å². The molecule has 0 bridgehead atoms. The molecule has 0 radical (unpaired) electrons. The molecule has 1 aliphatic rings. The number of piperidine rings is 1. The summed E-state index contributed by atoms with van der Waals surface area (Å²) in [5.74, 6) is -0.190. The van der Waals surface area contributed by atoms with E-state index in [1.54, 1.807) is 18.5 Å². The number of carbonyl (C=O) groups excluding carboxylic acids is 1. The maximum atomic E-state index is 12.8. The summed E-state index contributed by atoms with van der Waals surface area (Å²) in [7, 11) is 0. The van der Waals surface area contributed by atoms with Gasteiger partial charge in [-0.05, 0) is 80.9 Å². The summed E-state index contributed by atoms with van der Waals surface area (Å²) >= 11 is 0. The summed E-state index contributed by atoms with van der Waals surface area (Å²) in [6.45, 7) is 4.28. The molecule has 0 spiro atoms. The summed E-state index contributed by atoms with van der Waals surface area (Å²) < 4.78 is 0. The van der Waals surface area contributed by atoms with E-state index in [0.717, 1.165) is 42.7 Å². The van der Waals surface area contributed by atoms with Crippen molar-refractivity contribution in [2.75, 3.05) is 29.5 Å². The Bertz CT molecular complexity index is 1010. The first-order chi connectivity index (χ1) is 14.5. The molecule has 1 amide bonds. The minimum absolute atomic E-state index is 0.0796. The Morgan fingerprint density at radius 3 is 2.53 bits per heavy atom. The summed E-state index contributed by atoms with van der Waals surface area (Å²) in [6.07, 6.45) is 5.66. The molecule has 1 fully saturated rings. The molecule has 1 saturated heterocycles. The van der Waals surface area contributed by atoms with Gasteiger partial charge in [-0.1, -0.05) is 12.1 Å². The molecular formula is C24H27N5O. The zero-order chi connectivity index (χ0) is 21.0. The molecule has 1 aliphatic heterocycles. The predicted octanol–water partition coefficient (Wildman–Crippen LogP) is 4.14. The molecule has 0 aliphatic carbocycles. The third kappa shape index (κ3) is 4.60. The van der Waals surface area contributed by atoms with Crippen LogP contribution in [-0.4, -0.2) is 29.5 Å². The van der Waals surface area contributed by atoms with Gasteiger partial charge in [-0.2, -0.15) is 0 Å². The van der Waals surface area contributed by atoms with Crippen LogP contribution in [0.5, 0.6) is 0 Å². The van der Waals surface area contributed by atoms with Crippen molar-refractivity contribution in [3.63, 3.8) is 0 Å². The van der Waals surface area contributed by atoms with Crippen molar-refractivity contribution in [2.24, 2.45) is 0 Å². The molecule has 3 aromatic rings. The van der Waals surface area contributed by atoms with Gasteiger partial charge < -0.3 is 21.7 Å². The average molecular weight is 402 g/mol. The SMILES string of the molecule is CC1(Nc2ccc(C(=O)Nc3cc(-c4cccnc4)ccc3N)cc2)CCNCC1. The first-order valence-corrected chi connectivity index (χ1v) is 10.2. The van der Waals surface area contributed by atoms with Crippen LogP contribution in [0.3, 0.4) is 0 Å². The summed E-state index contributed by atoms with van der Waals surface area (Å²) in [5.41, 5.74) is 10.8. The second-order valence-corrected chi connectivity index (χ2v) is 8.01. The molecule has 1 aromatic heterocycles. The predicted molar refractivity (Wildman–Crippen MR) is 123 cm³/mol. The van der Waals surface area contributed by atoms with Gasteiger partial charge in [-0.3, -0.25) is 9.78 Å². The Kier molecular flexibility index (Phi) is 5.68. The zero-order valence-electron chi connectivity index (χ0n) is 17.1.